The lowest BCUT2D eigenvalue weighted by atomic mass is 10.1. The molecule has 40 heavy (non-hydrogen) atoms. The Kier molecular flexibility index (Phi) is 8.06. The van der Waals surface area contributed by atoms with E-state index in [1.165, 1.54) is 36.9 Å². The van der Waals surface area contributed by atoms with Crippen LogP contribution in [0, 0.1) is 12.3 Å². The van der Waals surface area contributed by atoms with Crippen molar-refractivity contribution in [1.82, 2.24) is 34.4 Å². The molecular formula is C25H24ClF3N8O3. The maximum absolute atomic E-state index is 13.6. The fourth-order valence-corrected chi connectivity index (χ4v) is 4.52. The number of nitrogens with zero attached hydrogens (tertiary/aromatic N) is 6. The van der Waals surface area contributed by atoms with E-state index in [1.54, 1.807) is 9.80 Å². The predicted molar refractivity (Wildman–Crippen MR) is 140 cm³/mol. The Hall–Kier alpha value is -4.51. The lowest BCUT2D eigenvalue weighted by Gasteiger charge is -2.34. The van der Waals surface area contributed by atoms with Crippen LogP contribution in [0.4, 0.5) is 23.7 Å². The highest BCUT2D eigenvalue weighted by Gasteiger charge is 2.38. The number of urea groups is 1. The van der Waals surface area contributed by atoms with Crippen LogP contribution >= 0.6 is 11.6 Å². The van der Waals surface area contributed by atoms with E-state index >= 15 is 0 Å². The number of hydrogen-bond acceptors (Lipinski definition) is 5. The largest absolute Gasteiger partial charge is 0.435 e. The van der Waals surface area contributed by atoms with Crippen molar-refractivity contribution in [1.29, 1.82) is 0 Å². The van der Waals surface area contributed by atoms with E-state index in [4.69, 9.17) is 18.0 Å². The number of aromatic nitrogens is 4. The fraction of sp³-hybridized carbons (Fsp3) is 0.320. The van der Waals surface area contributed by atoms with Crippen LogP contribution in [-0.2, 0) is 19.8 Å². The molecule has 11 nitrogen and oxygen atoms in total. The molecule has 1 saturated heterocycles. The summed E-state index contributed by atoms with van der Waals surface area (Å²) in [7, 11) is 2.93. The molecule has 4 amide bonds. The molecule has 0 radical (unpaired) electrons. The van der Waals surface area contributed by atoms with E-state index in [9.17, 15) is 27.6 Å². The van der Waals surface area contributed by atoms with Crippen LogP contribution < -0.4 is 10.6 Å². The van der Waals surface area contributed by atoms with Gasteiger partial charge >= 0.3 is 12.2 Å². The zero-order valence-electron chi connectivity index (χ0n) is 21.4. The van der Waals surface area contributed by atoms with Gasteiger partial charge < -0.3 is 25.0 Å². The van der Waals surface area contributed by atoms with Gasteiger partial charge in [0.15, 0.2) is 11.5 Å². The minimum absolute atomic E-state index is 0.0104. The topological polar surface area (TPSA) is 117 Å². The molecule has 15 heteroatoms. The minimum atomic E-state index is -4.75. The summed E-state index contributed by atoms with van der Waals surface area (Å²) in [6, 6.07) is 4.12. The number of piperazine rings is 1. The molecule has 1 aromatic carbocycles. The highest BCUT2D eigenvalue weighted by Crippen LogP contribution is 2.36. The predicted octanol–water partition coefficient (Wildman–Crippen LogP) is 2.94. The first-order valence-electron chi connectivity index (χ1n) is 11.9. The molecular weight excluding hydrogens is 553 g/mol. The minimum Gasteiger partial charge on any atom is -0.341 e. The summed E-state index contributed by atoms with van der Waals surface area (Å²) < 4.78 is 43.0. The van der Waals surface area contributed by atoms with Gasteiger partial charge in [0.1, 0.15) is 6.54 Å². The number of nitrogens with one attached hydrogen (secondary N) is 2. The molecule has 1 fully saturated rings. The molecule has 3 aromatic rings. The first kappa shape index (κ1) is 28.5. The van der Waals surface area contributed by atoms with Gasteiger partial charge in [0.25, 0.3) is 11.8 Å². The zero-order valence-corrected chi connectivity index (χ0v) is 22.2. The summed E-state index contributed by atoms with van der Waals surface area (Å²) in [4.78, 5) is 44.8. The summed E-state index contributed by atoms with van der Waals surface area (Å²) in [6.07, 6.45) is 2.73. The standard InChI is InChI=1S/C25H24ClF3N8O3/c1-4-7-37-14-17(20(33-37)25(27,28)29)19-13-31-21(34(19)3)22(38)32-15-5-6-16(18(26)12-15)23(39)35-8-10-36(11-9-35)24(40)30-2/h1,5-6,12-14H,7-11H2,2-3H3,(H,30,40)(H,32,38). The van der Waals surface area contributed by atoms with Crippen molar-refractivity contribution in [2.75, 3.05) is 38.5 Å². The van der Waals surface area contributed by atoms with E-state index in [2.05, 4.69) is 26.6 Å². The van der Waals surface area contributed by atoms with Gasteiger partial charge in [0, 0.05) is 52.2 Å². The van der Waals surface area contributed by atoms with Gasteiger partial charge in [-0.25, -0.2) is 9.78 Å². The average Bonchev–Trinajstić information content (AvgIpc) is 3.51. The molecule has 2 aromatic heterocycles. The monoisotopic (exact) mass is 576 g/mol. The van der Waals surface area contributed by atoms with Gasteiger partial charge in [0.05, 0.1) is 28.0 Å². The second kappa shape index (κ2) is 11.3. The van der Waals surface area contributed by atoms with Gasteiger partial charge in [-0.2, -0.15) is 18.3 Å². The molecule has 1 aliphatic rings. The number of alkyl halides is 3. The Labute approximate surface area is 231 Å². The van der Waals surface area contributed by atoms with E-state index in [1.807, 2.05) is 0 Å². The molecule has 3 heterocycles. The summed E-state index contributed by atoms with van der Waals surface area (Å²) >= 11 is 6.35. The van der Waals surface area contributed by atoms with Gasteiger partial charge in [-0.05, 0) is 18.2 Å². The van der Waals surface area contributed by atoms with E-state index in [0.29, 0.717) is 26.2 Å². The highest BCUT2D eigenvalue weighted by molar-refractivity contribution is 6.34. The Morgan fingerprint density at radius 1 is 1.15 bits per heavy atom. The molecule has 0 saturated carbocycles. The molecule has 1 aliphatic heterocycles. The lowest BCUT2D eigenvalue weighted by Crippen LogP contribution is -2.52. The first-order valence-corrected chi connectivity index (χ1v) is 12.3. The van der Waals surface area contributed by atoms with Crippen molar-refractivity contribution in [3.8, 4) is 23.6 Å². The van der Waals surface area contributed by atoms with Crippen LogP contribution in [0.1, 0.15) is 26.7 Å². The number of anilines is 1. The van der Waals surface area contributed by atoms with Gasteiger partial charge in [0.2, 0.25) is 0 Å². The summed E-state index contributed by atoms with van der Waals surface area (Å²) in [5.74, 6) is 1.03. The third kappa shape index (κ3) is 5.74. The fourth-order valence-electron chi connectivity index (χ4n) is 4.26. The summed E-state index contributed by atoms with van der Waals surface area (Å²) in [6.45, 7) is 1.25. The molecule has 4 rings (SSSR count). The Morgan fingerprint density at radius 2 is 1.82 bits per heavy atom. The van der Waals surface area contributed by atoms with Crippen LogP contribution in [0.15, 0.2) is 30.6 Å². The van der Waals surface area contributed by atoms with Crippen molar-refractivity contribution in [3.63, 3.8) is 0 Å². The molecule has 0 aliphatic carbocycles. The van der Waals surface area contributed by atoms with E-state index in [0.717, 1.165) is 17.1 Å². The third-order valence-electron chi connectivity index (χ3n) is 6.28. The molecule has 0 bridgehead atoms. The SMILES string of the molecule is C#CCn1cc(-c2cnc(C(=O)Nc3ccc(C(=O)N4CCN(C(=O)NC)CC4)c(Cl)c3)n2C)c(C(F)(F)F)n1. The number of hydrogen-bond donors (Lipinski definition) is 2. The number of carbonyl (C=O) groups is 3. The molecule has 210 valence electrons. The van der Waals surface area contributed by atoms with E-state index < -0.39 is 17.8 Å². The molecule has 0 spiro atoms. The third-order valence-corrected chi connectivity index (χ3v) is 6.59. The average molecular weight is 577 g/mol. The molecule has 2 N–H and O–H groups in total. The zero-order chi connectivity index (χ0) is 29.2. The number of amides is 4. The Balaban J connectivity index is 1.49. The number of rotatable bonds is 5. The highest BCUT2D eigenvalue weighted by atomic mass is 35.5. The molecule has 0 atom stereocenters. The first-order chi connectivity index (χ1) is 18.9. The van der Waals surface area contributed by atoms with Gasteiger partial charge in [-0.15, -0.1) is 6.42 Å². The second-order valence-corrected chi connectivity index (χ2v) is 9.21. The number of benzene rings is 1. The number of carbonyl (C=O) groups excluding carboxylic acids is 3. The lowest BCUT2D eigenvalue weighted by molar-refractivity contribution is -0.141. The smallest absolute Gasteiger partial charge is 0.341 e. The van der Waals surface area contributed by atoms with Crippen LogP contribution in [0.2, 0.25) is 5.02 Å². The Morgan fingerprint density at radius 3 is 2.42 bits per heavy atom. The summed E-state index contributed by atoms with van der Waals surface area (Å²) in [5.41, 5.74) is -0.954. The number of imidazole rings is 1. The van der Waals surface area contributed by atoms with Crippen LogP contribution in [0.5, 0.6) is 0 Å². The maximum Gasteiger partial charge on any atom is 0.435 e. The number of halogens is 4. The van der Waals surface area contributed by atoms with Crippen molar-refractivity contribution in [3.05, 3.63) is 52.7 Å². The quantitative estimate of drug-likeness (QED) is 0.453. The second-order valence-electron chi connectivity index (χ2n) is 8.80. The van der Waals surface area contributed by atoms with Crippen LogP contribution in [-0.4, -0.2) is 80.2 Å². The van der Waals surface area contributed by atoms with Crippen molar-refractivity contribution < 1.29 is 27.6 Å². The maximum atomic E-state index is 13.6. The number of terminal acetylenes is 1. The van der Waals surface area contributed by atoms with Crippen LogP contribution in [0.25, 0.3) is 11.3 Å². The summed E-state index contributed by atoms with van der Waals surface area (Å²) in [5, 5.41) is 8.76. The molecule has 0 unspecified atom stereocenters. The van der Waals surface area contributed by atoms with Crippen LogP contribution in [0.3, 0.4) is 0 Å². The van der Waals surface area contributed by atoms with Gasteiger partial charge in [-0.1, -0.05) is 17.5 Å². The van der Waals surface area contributed by atoms with Gasteiger partial charge in [-0.3, -0.25) is 14.3 Å². The normalized spacial score (nSPS) is 13.6. The Bertz CT molecular complexity index is 1500. The van der Waals surface area contributed by atoms with Crippen molar-refractivity contribution in [2.45, 2.75) is 12.7 Å². The van der Waals surface area contributed by atoms with E-state index in [-0.39, 0.29) is 51.8 Å². The van der Waals surface area contributed by atoms with Crippen molar-refractivity contribution in [2.24, 2.45) is 7.05 Å². The van der Waals surface area contributed by atoms with Crippen molar-refractivity contribution >= 4 is 35.1 Å².